The molecule has 1 heteroatoms. The van der Waals surface area contributed by atoms with Gasteiger partial charge in [-0.1, -0.05) is 41.0 Å². The first-order chi connectivity index (χ1) is 5.41. The van der Waals surface area contributed by atoms with Crippen LogP contribution in [-0.2, 0) is 4.74 Å². The normalized spacial score (nSPS) is 7.09. The number of hydrogen-bond donors (Lipinski definition) is 0. The van der Waals surface area contributed by atoms with Gasteiger partial charge in [-0.05, 0) is 13.3 Å². The van der Waals surface area contributed by atoms with Crippen LogP contribution in [0, 0.1) is 0 Å². The topological polar surface area (TPSA) is 9.23 Å². The molecule has 0 saturated heterocycles. The number of rotatable bonds is 4. The third-order valence-electron chi connectivity index (χ3n) is 0.846. The van der Waals surface area contributed by atoms with Crippen LogP contribution in [0.2, 0.25) is 0 Å². The van der Waals surface area contributed by atoms with E-state index in [9.17, 15) is 0 Å². The van der Waals surface area contributed by atoms with Crippen LogP contribution >= 0.6 is 0 Å². The Hall–Kier alpha value is -0.0400. The molecule has 0 saturated carbocycles. The Kier molecular flexibility index (Phi) is 50.7. The van der Waals surface area contributed by atoms with Crippen molar-refractivity contribution in [1.82, 2.24) is 0 Å². The van der Waals surface area contributed by atoms with Crippen LogP contribution in [0.15, 0.2) is 0 Å². The summed E-state index contributed by atoms with van der Waals surface area (Å²) < 4.78 is 5.07. The molecule has 72 valence electrons. The standard InChI is InChI=1S/C6H14O.2C2H6/c1-3-5-6-7-4-2;2*1-2/h3-6H2,1-2H3;2*1-2H3. The van der Waals surface area contributed by atoms with Crippen molar-refractivity contribution < 1.29 is 4.74 Å². The highest BCUT2D eigenvalue weighted by Gasteiger charge is 1.78. The van der Waals surface area contributed by atoms with Crippen LogP contribution in [0.5, 0.6) is 0 Å². The van der Waals surface area contributed by atoms with Crippen molar-refractivity contribution in [2.75, 3.05) is 13.2 Å². The molecule has 11 heavy (non-hydrogen) atoms. The lowest BCUT2D eigenvalue weighted by Crippen LogP contribution is -1.90. The van der Waals surface area contributed by atoms with Gasteiger partial charge in [0.1, 0.15) is 0 Å². The third kappa shape index (κ3) is 40.2. The first-order valence-electron chi connectivity index (χ1n) is 4.99. The monoisotopic (exact) mass is 162 g/mol. The predicted molar refractivity (Wildman–Crippen MR) is 54.1 cm³/mol. The van der Waals surface area contributed by atoms with E-state index in [2.05, 4.69) is 6.92 Å². The fourth-order valence-electron chi connectivity index (χ4n) is 0.391. The summed E-state index contributed by atoms with van der Waals surface area (Å²) >= 11 is 0. The van der Waals surface area contributed by atoms with E-state index < -0.39 is 0 Å². The molecule has 0 heterocycles. The maximum absolute atomic E-state index is 5.07. The maximum Gasteiger partial charge on any atom is 0.0465 e. The van der Waals surface area contributed by atoms with Crippen LogP contribution in [0.3, 0.4) is 0 Å². The summed E-state index contributed by atoms with van der Waals surface area (Å²) in [6.07, 6.45) is 2.44. The summed E-state index contributed by atoms with van der Waals surface area (Å²) in [6, 6.07) is 0. The van der Waals surface area contributed by atoms with Gasteiger partial charge >= 0.3 is 0 Å². The minimum atomic E-state index is 0.861. The van der Waals surface area contributed by atoms with E-state index in [0.29, 0.717) is 0 Å². The Labute approximate surface area is 73.1 Å². The van der Waals surface area contributed by atoms with Crippen LogP contribution in [-0.4, -0.2) is 13.2 Å². The molecule has 0 N–H and O–H groups in total. The number of hydrogen-bond acceptors (Lipinski definition) is 1. The van der Waals surface area contributed by atoms with Crippen molar-refractivity contribution in [3.63, 3.8) is 0 Å². The summed E-state index contributed by atoms with van der Waals surface area (Å²) in [7, 11) is 0. The van der Waals surface area contributed by atoms with Gasteiger partial charge in [0.25, 0.3) is 0 Å². The average molecular weight is 162 g/mol. The maximum atomic E-state index is 5.07. The SMILES string of the molecule is CC.CC.CCCCOCC. The summed E-state index contributed by atoms with van der Waals surface area (Å²) in [5, 5.41) is 0. The van der Waals surface area contributed by atoms with Gasteiger partial charge in [0.2, 0.25) is 0 Å². The molecule has 0 aliphatic heterocycles. The van der Waals surface area contributed by atoms with E-state index in [1.165, 1.54) is 12.8 Å². The highest BCUT2D eigenvalue weighted by atomic mass is 16.5. The summed E-state index contributed by atoms with van der Waals surface area (Å²) in [5.74, 6) is 0. The molecule has 0 bridgehead atoms. The van der Waals surface area contributed by atoms with Gasteiger partial charge in [0.15, 0.2) is 0 Å². The second kappa shape index (κ2) is 32.5. The first kappa shape index (κ1) is 17.2. The van der Waals surface area contributed by atoms with Crippen molar-refractivity contribution in [3.8, 4) is 0 Å². The van der Waals surface area contributed by atoms with Gasteiger partial charge in [-0.3, -0.25) is 0 Å². The average Bonchev–Trinajstić information content (AvgIpc) is 2.13. The van der Waals surface area contributed by atoms with Crippen LogP contribution in [0.1, 0.15) is 54.4 Å². The Morgan fingerprint density at radius 2 is 1.36 bits per heavy atom. The largest absolute Gasteiger partial charge is 0.382 e. The zero-order chi connectivity index (χ0) is 9.54. The van der Waals surface area contributed by atoms with Crippen LogP contribution in [0.4, 0.5) is 0 Å². The smallest absolute Gasteiger partial charge is 0.0465 e. The van der Waals surface area contributed by atoms with Gasteiger partial charge in [-0.15, -0.1) is 0 Å². The quantitative estimate of drug-likeness (QED) is 0.570. The first-order valence-corrected chi connectivity index (χ1v) is 4.99. The molecule has 0 spiro atoms. The molecule has 0 fully saturated rings. The number of ether oxygens (including phenoxy) is 1. The molecule has 0 atom stereocenters. The van der Waals surface area contributed by atoms with E-state index in [1.54, 1.807) is 0 Å². The molecule has 0 aromatic heterocycles. The Balaban J connectivity index is -0.000000138. The molecule has 1 nitrogen and oxygen atoms in total. The van der Waals surface area contributed by atoms with Gasteiger partial charge in [0, 0.05) is 13.2 Å². The van der Waals surface area contributed by atoms with E-state index >= 15 is 0 Å². The fraction of sp³-hybridized carbons (Fsp3) is 1.00. The zero-order valence-electron chi connectivity index (χ0n) is 9.24. The molecule has 0 aromatic carbocycles. The van der Waals surface area contributed by atoms with Gasteiger partial charge in [-0.2, -0.15) is 0 Å². The Morgan fingerprint density at radius 1 is 0.909 bits per heavy atom. The minimum absolute atomic E-state index is 0.861. The second-order valence-corrected chi connectivity index (χ2v) is 1.55. The highest BCUT2D eigenvalue weighted by molar-refractivity contribution is 4.28. The predicted octanol–water partition coefficient (Wildman–Crippen LogP) is 3.88. The molecular weight excluding hydrogens is 136 g/mol. The summed E-state index contributed by atoms with van der Waals surface area (Å²) in [6.45, 7) is 14.0. The molecule has 0 aliphatic rings. The van der Waals surface area contributed by atoms with Crippen molar-refractivity contribution in [2.24, 2.45) is 0 Å². The molecule has 0 aliphatic carbocycles. The lowest BCUT2D eigenvalue weighted by atomic mass is 10.4. The fourth-order valence-corrected chi connectivity index (χ4v) is 0.391. The third-order valence-corrected chi connectivity index (χ3v) is 0.846. The van der Waals surface area contributed by atoms with Gasteiger partial charge in [0.05, 0.1) is 0 Å². The summed E-state index contributed by atoms with van der Waals surface area (Å²) in [4.78, 5) is 0. The van der Waals surface area contributed by atoms with E-state index in [0.717, 1.165) is 13.2 Å². The molecule has 0 amide bonds. The second-order valence-electron chi connectivity index (χ2n) is 1.55. The molecule has 0 unspecified atom stereocenters. The van der Waals surface area contributed by atoms with Gasteiger partial charge in [-0.25, -0.2) is 0 Å². The van der Waals surface area contributed by atoms with Crippen molar-refractivity contribution >= 4 is 0 Å². The van der Waals surface area contributed by atoms with E-state index in [-0.39, 0.29) is 0 Å². The Morgan fingerprint density at radius 3 is 1.64 bits per heavy atom. The van der Waals surface area contributed by atoms with Crippen molar-refractivity contribution in [1.29, 1.82) is 0 Å². The lowest BCUT2D eigenvalue weighted by molar-refractivity contribution is 0.144. The number of unbranched alkanes of at least 4 members (excludes halogenated alkanes) is 1. The minimum Gasteiger partial charge on any atom is -0.382 e. The van der Waals surface area contributed by atoms with Crippen LogP contribution < -0.4 is 0 Å². The van der Waals surface area contributed by atoms with E-state index in [1.807, 2.05) is 34.6 Å². The molecule has 0 radical (unpaired) electrons. The highest BCUT2D eigenvalue weighted by Crippen LogP contribution is 1.85. The molecular formula is C10H26O. The molecule has 0 aromatic rings. The van der Waals surface area contributed by atoms with Crippen LogP contribution in [0.25, 0.3) is 0 Å². The Bertz CT molecular complexity index is 24.1. The lowest BCUT2D eigenvalue weighted by Gasteiger charge is -1.94. The van der Waals surface area contributed by atoms with Gasteiger partial charge < -0.3 is 4.74 Å². The summed E-state index contributed by atoms with van der Waals surface area (Å²) in [5.41, 5.74) is 0. The van der Waals surface area contributed by atoms with Crippen molar-refractivity contribution in [3.05, 3.63) is 0 Å². The van der Waals surface area contributed by atoms with Crippen molar-refractivity contribution in [2.45, 2.75) is 54.4 Å². The zero-order valence-corrected chi connectivity index (χ0v) is 9.24. The van der Waals surface area contributed by atoms with E-state index in [4.69, 9.17) is 4.74 Å². The molecule has 0 rings (SSSR count).